The maximum absolute atomic E-state index is 12.7. The van der Waals surface area contributed by atoms with Crippen molar-refractivity contribution in [3.05, 3.63) is 12.2 Å². The fourth-order valence-corrected chi connectivity index (χ4v) is 5.93. The molecular weight excluding hydrogens is 587 g/mol. The van der Waals surface area contributed by atoms with Gasteiger partial charge in [0.15, 0.2) is 0 Å². The molecule has 1 amide bonds. The van der Waals surface area contributed by atoms with E-state index >= 15 is 0 Å². The van der Waals surface area contributed by atoms with E-state index in [0.717, 1.165) is 44.9 Å². The van der Waals surface area contributed by atoms with Crippen molar-refractivity contribution in [1.29, 1.82) is 0 Å². The number of nitrogens with zero attached hydrogens (tertiary/aromatic N) is 1. The molecule has 0 heterocycles. The monoisotopic (exact) mass is 661 g/mol. The third kappa shape index (κ3) is 31.6. The van der Waals surface area contributed by atoms with Crippen LogP contribution in [0.15, 0.2) is 12.2 Å². The van der Waals surface area contributed by atoms with Crippen molar-refractivity contribution >= 4 is 13.7 Å². The Balaban J connectivity index is 4.45. The zero-order chi connectivity index (χ0) is 33.7. The van der Waals surface area contributed by atoms with E-state index in [1.54, 1.807) is 0 Å². The lowest BCUT2D eigenvalue weighted by molar-refractivity contribution is -0.870. The van der Waals surface area contributed by atoms with Crippen molar-refractivity contribution in [3.63, 3.8) is 0 Å². The molecule has 0 aliphatic rings. The van der Waals surface area contributed by atoms with Gasteiger partial charge in [0.05, 0.1) is 39.9 Å². The number of hydrogen-bond donors (Lipinski definition) is 2. The number of hydrogen-bond acceptors (Lipinski definition) is 6. The largest absolute Gasteiger partial charge is 0.756 e. The van der Waals surface area contributed by atoms with Crippen molar-refractivity contribution in [1.82, 2.24) is 5.32 Å². The molecule has 0 saturated carbocycles. The molecule has 1 unspecified atom stereocenters. The zero-order valence-electron chi connectivity index (χ0n) is 30.1. The van der Waals surface area contributed by atoms with Gasteiger partial charge < -0.3 is 28.8 Å². The first-order valence-electron chi connectivity index (χ1n) is 18.5. The highest BCUT2D eigenvalue weighted by molar-refractivity contribution is 7.45. The average molecular weight is 661 g/mol. The summed E-state index contributed by atoms with van der Waals surface area (Å²) in [4.78, 5) is 25.1. The van der Waals surface area contributed by atoms with Crippen LogP contribution in [-0.2, 0) is 18.4 Å². The van der Waals surface area contributed by atoms with Gasteiger partial charge in [-0.05, 0) is 38.5 Å². The maximum Gasteiger partial charge on any atom is 0.268 e. The number of unbranched alkanes of at least 4 members (excludes halogenated alkanes) is 18. The number of nitrogens with one attached hydrogen (secondary N) is 1. The number of carbonyl (C=O) groups is 1. The Morgan fingerprint density at radius 1 is 0.756 bits per heavy atom. The zero-order valence-corrected chi connectivity index (χ0v) is 31.0. The van der Waals surface area contributed by atoms with Crippen LogP contribution in [0.1, 0.15) is 162 Å². The normalized spacial score (nSPS) is 14.9. The van der Waals surface area contributed by atoms with Crippen LogP contribution in [0.25, 0.3) is 0 Å². The van der Waals surface area contributed by atoms with Gasteiger partial charge in [-0.25, -0.2) is 0 Å². The van der Waals surface area contributed by atoms with E-state index in [1.807, 2.05) is 21.1 Å². The van der Waals surface area contributed by atoms with E-state index < -0.39 is 20.0 Å². The van der Waals surface area contributed by atoms with Gasteiger partial charge in [0.1, 0.15) is 13.2 Å². The molecule has 2 N–H and O–H groups in total. The van der Waals surface area contributed by atoms with Gasteiger partial charge in [-0.15, -0.1) is 0 Å². The van der Waals surface area contributed by atoms with Gasteiger partial charge in [-0.2, -0.15) is 0 Å². The molecule has 45 heavy (non-hydrogen) atoms. The van der Waals surface area contributed by atoms with Crippen LogP contribution in [0.3, 0.4) is 0 Å². The highest BCUT2D eigenvalue weighted by atomic mass is 31.2. The number of aliphatic hydroxyl groups is 1. The molecule has 0 aromatic rings. The van der Waals surface area contributed by atoms with Gasteiger partial charge in [0.25, 0.3) is 7.82 Å². The summed E-state index contributed by atoms with van der Waals surface area (Å²) in [5, 5.41) is 13.7. The molecule has 0 rings (SSSR count). The molecular formula is C36H73N2O6P. The van der Waals surface area contributed by atoms with E-state index in [4.69, 9.17) is 9.05 Å². The third-order valence-electron chi connectivity index (χ3n) is 8.25. The summed E-state index contributed by atoms with van der Waals surface area (Å²) in [6.07, 6.45) is 29.3. The van der Waals surface area contributed by atoms with Gasteiger partial charge >= 0.3 is 0 Å². The Bertz CT molecular complexity index is 758. The number of amides is 1. The minimum Gasteiger partial charge on any atom is -0.756 e. The highest BCUT2D eigenvalue weighted by Gasteiger charge is 2.24. The van der Waals surface area contributed by atoms with Crippen LogP contribution in [-0.4, -0.2) is 68.5 Å². The molecule has 0 aromatic carbocycles. The molecule has 0 aromatic heterocycles. The van der Waals surface area contributed by atoms with Crippen molar-refractivity contribution in [2.45, 2.75) is 174 Å². The molecule has 0 aliphatic carbocycles. The summed E-state index contributed by atoms with van der Waals surface area (Å²) in [5.74, 6) is -0.178. The fraction of sp³-hybridized carbons (Fsp3) is 0.917. The summed E-state index contributed by atoms with van der Waals surface area (Å²) >= 11 is 0. The average Bonchev–Trinajstić information content (AvgIpc) is 2.97. The molecule has 0 aliphatic heterocycles. The standard InChI is InChI=1S/C36H73N2O6P/c1-6-8-10-12-14-16-17-18-19-20-22-24-26-28-30-36(40)37-34(33-44-45(41,42)43-32-31-38(3,4)5)35(39)29-27-25-23-21-15-13-11-9-7-2/h15,21,34-35,39H,6-14,16-20,22-33H2,1-5H3,(H-,37,40,41,42)/b21-15+/t34-,35+/m0/s1. The predicted molar refractivity (Wildman–Crippen MR) is 187 cm³/mol. The van der Waals surface area contributed by atoms with Crippen molar-refractivity contribution < 1.29 is 32.9 Å². The predicted octanol–water partition coefficient (Wildman–Crippen LogP) is 8.61. The molecule has 8 nitrogen and oxygen atoms in total. The van der Waals surface area contributed by atoms with Crippen LogP contribution >= 0.6 is 7.82 Å². The number of carbonyl (C=O) groups excluding carboxylic acids is 1. The Morgan fingerprint density at radius 2 is 1.22 bits per heavy atom. The lowest BCUT2D eigenvalue weighted by Gasteiger charge is -2.30. The smallest absolute Gasteiger partial charge is 0.268 e. The number of phosphoric ester groups is 1. The molecule has 0 saturated heterocycles. The summed E-state index contributed by atoms with van der Waals surface area (Å²) < 4.78 is 23.1. The first kappa shape index (κ1) is 44.2. The van der Waals surface area contributed by atoms with Crippen molar-refractivity contribution in [3.8, 4) is 0 Å². The number of likely N-dealkylation sites (N-methyl/N-ethyl adjacent to an activating group) is 1. The molecule has 0 bridgehead atoms. The van der Waals surface area contributed by atoms with E-state index in [2.05, 4.69) is 31.3 Å². The van der Waals surface area contributed by atoms with Crippen LogP contribution in [0.2, 0.25) is 0 Å². The van der Waals surface area contributed by atoms with E-state index in [0.29, 0.717) is 23.9 Å². The molecule has 9 heteroatoms. The summed E-state index contributed by atoms with van der Waals surface area (Å²) in [5.41, 5.74) is 0. The third-order valence-corrected chi connectivity index (χ3v) is 9.22. The Labute approximate surface area is 278 Å². The topological polar surface area (TPSA) is 108 Å². The number of aliphatic hydroxyl groups excluding tert-OH is 1. The number of allylic oxidation sites excluding steroid dienone is 2. The Morgan fingerprint density at radius 3 is 1.73 bits per heavy atom. The quantitative estimate of drug-likeness (QED) is 0.0316. The molecule has 0 spiro atoms. The van der Waals surface area contributed by atoms with Crippen LogP contribution in [0.5, 0.6) is 0 Å². The Hall–Kier alpha value is -0.760. The second-order valence-corrected chi connectivity index (χ2v) is 15.3. The maximum atomic E-state index is 12.7. The molecule has 268 valence electrons. The first-order valence-corrected chi connectivity index (χ1v) is 20.0. The number of quaternary nitrogens is 1. The summed E-state index contributed by atoms with van der Waals surface area (Å²) in [6.45, 7) is 4.63. The van der Waals surface area contributed by atoms with Gasteiger partial charge in [-0.3, -0.25) is 9.36 Å². The Kier molecular flexibility index (Phi) is 28.9. The SMILES string of the molecule is CCCCC/C=C/CCCC[C@@H](O)[C@H](COP(=O)([O-])OCC[N+](C)(C)C)NC(=O)CCCCCCCCCCCCCCCC. The molecule has 3 atom stereocenters. The van der Waals surface area contributed by atoms with Crippen molar-refractivity contribution in [2.75, 3.05) is 40.9 Å². The lowest BCUT2D eigenvalue weighted by Crippen LogP contribution is -2.46. The minimum atomic E-state index is -4.55. The second kappa shape index (κ2) is 29.4. The van der Waals surface area contributed by atoms with E-state index in [9.17, 15) is 19.4 Å². The number of rotatable bonds is 33. The summed E-state index contributed by atoms with van der Waals surface area (Å²) in [7, 11) is 1.29. The van der Waals surface area contributed by atoms with E-state index in [1.165, 1.54) is 89.9 Å². The van der Waals surface area contributed by atoms with Crippen LogP contribution in [0.4, 0.5) is 0 Å². The highest BCUT2D eigenvalue weighted by Crippen LogP contribution is 2.38. The van der Waals surface area contributed by atoms with Gasteiger partial charge in [0.2, 0.25) is 5.91 Å². The van der Waals surface area contributed by atoms with Gasteiger partial charge in [-0.1, -0.05) is 129 Å². The summed E-state index contributed by atoms with van der Waals surface area (Å²) in [6, 6.07) is -0.807. The van der Waals surface area contributed by atoms with Crippen LogP contribution < -0.4 is 10.2 Å². The minimum absolute atomic E-state index is 0.00887. The first-order chi connectivity index (χ1) is 21.5. The van der Waals surface area contributed by atoms with Crippen LogP contribution in [0, 0.1) is 0 Å². The van der Waals surface area contributed by atoms with Crippen molar-refractivity contribution in [2.24, 2.45) is 0 Å². The lowest BCUT2D eigenvalue weighted by atomic mass is 10.0. The van der Waals surface area contributed by atoms with E-state index in [-0.39, 0.29) is 19.1 Å². The fourth-order valence-electron chi connectivity index (χ4n) is 5.21. The number of phosphoric acid groups is 1. The molecule has 0 fully saturated rings. The van der Waals surface area contributed by atoms with Gasteiger partial charge in [0, 0.05) is 6.42 Å². The molecule has 0 radical (unpaired) electrons. The second-order valence-electron chi connectivity index (χ2n) is 13.9.